The fraction of sp³-hybridized carbons (Fsp3) is 0.750. The SMILES string of the molecule is Cn1nc([Si](C)(C)C)c2c1CCN(C(=O)OC(C)(C)C)CC2. The van der Waals surface area contributed by atoms with Crippen LogP contribution in [0.25, 0.3) is 0 Å². The lowest BCUT2D eigenvalue weighted by Gasteiger charge is -2.26. The second-order valence-corrected chi connectivity index (χ2v) is 13.1. The molecule has 0 saturated carbocycles. The van der Waals surface area contributed by atoms with Gasteiger partial charge >= 0.3 is 6.09 Å². The number of amides is 1. The summed E-state index contributed by atoms with van der Waals surface area (Å²) in [7, 11) is 0.551. The van der Waals surface area contributed by atoms with Crippen molar-refractivity contribution in [1.29, 1.82) is 0 Å². The lowest BCUT2D eigenvalue weighted by Crippen LogP contribution is -2.42. The minimum atomic E-state index is -1.47. The minimum Gasteiger partial charge on any atom is -0.444 e. The zero-order chi connectivity index (χ0) is 16.7. The van der Waals surface area contributed by atoms with Crippen LogP contribution in [0.5, 0.6) is 0 Å². The van der Waals surface area contributed by atoms with E-state index in [0.717, 1.165) is 12.8 Å². The Balaban J connectivity index is 2.19. The van der Waals surface area contributed by atoms with Gasteiger partial charge in [-0.05, 0) is 32.8 Å². The molecule has 0 unspecified atom stereocenters. The van der Waals surface area contributed by atoms with Gasteiger partial charge in [0.1, 0.15) is 13.7 Å². The minimum absolute atomic E-state index is 0.206. The van der Waals surface area contributed by atoms with Crippen LogP contribution in [0, 0.1) is 0 Å². The third-order valence-electron chi connectivity index (χ3n) is 3.89. The zero-order valence-electron chi connectivity index (χ0n) is 15.0. The Morgan fingerprint density at radius 3 is 2.32 bits per heavy atom. The molecule has 0 bridgehead atoms. The highest BCUT2D eigenvalue weighted by molar-refractivity contribution is 6.88. The maximum Gasteiger partial charge on any atom is 0.410 e. The van der Waals surface area contributed by atoms with E-state index in [0.29, 0.717) is 13.1 Å². The maximum atomic E-state index is 12.3. The molecule has 2 rings (SSSR count). The van der Waals surface area contributed by atoms with Gasteiger partial charge in [0.05, 0.1) is 0 Å². The van der Waals surface area contributed by atoms with Crippen molar-refractivity contribution in [3.8, 4) is 0 Å². The highest BCUT2D eigenvalue weighted by atomic mass is 28.3. The van der Waals surface area contributed by atoms with Crippen molar-refractivity contribution >= 4 is 19.5 Å². The standard InChI is InChI=1S/C16H29N3O2Si/c1-16(2,3)21-15(20)19-10-8-12-13(9-11-19)18(4)17-14(12)22(5,6)7/h8-11H2,1-7H3. The van der Waals surface area contributed by atoms with Gasteiger partial charge in [-0.25, -0.2) is 4.79 Å². The first-order valence-corrected chi connectivity index (χ1v) is 11.5. The van der Waals surface area contributed by atoms with Gasteiger partial charge in [0.2, 0.25) is 0 Å². The molecular formula is C16H29N3O2Si. The summed E-state index contributed by atoms with van der Waals surface area (Å²) in [5, 5.41) is 6.07. The van der Waals surface area contributed by atoms with E-state index in [1.807, 2.05) is 37.4 Å². The van der Waals surface area contributed by atoms with Crippen LogP contribution in [-0.2, 0) is 24.6 Å². The summed E-state index contributed by atoms with van der Waals surface area (Å²) in [6.07, 6.45) is 1.52. The molecule has 1 aromatic heterocycles. The lowest BCUT2D eigenvalue weighted by atomic mass is 10.1. The van der Waals surface area contributed by atoms with Crippen LogP contribution in [-0.4, -0.2) is 47.5 Å². The fourth-order valence-corrected chi connectivity index (χ4v) is 4.51. The first-order valence-electron chi connectivity index (χ1n) is 8.02. The number of carbonyl (C=O) groups excluding carboxylic acids is 1. The normalized spacial score (nSPS) is 16.2. The van der Waals surface area contributed by atoms with Crippen LogP contribution < -0.4 is 5.32 Å². The van der Waals surface area contributed by atoms with Gasteiger partial charge < -0.3 is 9.64 Å². The predicted octanol–water partition coefficient (Wildman–Crippen LogP) is 2.30. The topological polar surface area (TPSA) is 47.4 Å². The van der Waals surface area contributed by atoms with Gasteiger partial charge in [0.15, 0.2) is 0 Å². The number of nitrogens with zero attached hydrogens (tertiary/aromatic N) is 3. The van der Waals surface area contributed by atoms with Crippen LogP contribution in [0.4, 0.5) is 4.79 Å². The summed E-state index contributed by atoms with van der Waals surface area (Å²) in [6.45, 7) is 14.1. The van der Waals surface area contributed by atoms with Crippen LogP contribution in [0.3, 0.4) is 0 Å². The van der Waals surface area contributed by atoms with Gasteiger partial charge in [-0.1, -0.05) is 19.6 Å². The van der Waals surface area contributed by atoms with E-state index in [1.54, 1.807) is 0 Å². The molecule has 1 aromatic rings. The van der Waals surface area contributed by atoms with Gasteiger partial charge in [0.25, 0.3) is 0 Å². The number of rotatable bonds is 1. The van der Waals surface area contributed by atoms with E-state index in [9.17, 15) is 4.79 Å². The maximum absolute atomic E-state index is 12.3. The number of ether oxygens (including phenoxy) is 1. The number of fused-ring (bicyclic) bond motifs is 1. The van der Waals surface area contributed by atoms with Crippen molar-refractivity contribution in [3.05, 3.63) is 11.3 Å². The zero-order valence-corrected chi connectivity index (χ0v) is 16.0. The fourth-order valence-electron chi connectivity index (χ4n) is 2.89. The molecule has 0 saturated heterocycles. The number of hydrogen-bond donors (Lipinski definition) is 0. The number of aryl methyl sites for hydroxylation is 1. The van der Waals surface area contributed by atoms with E-state index >= 15 is 0 Å². The van der Waals surface area contributed by atoms with Crippen molar-refractivity contribution in [2.45, 2.75) is 58.9 Å². The highest BCUT2D eigenvalue weighted by Crippen LogP contribution is 2.19. The summed E-state index contributed by atoms with van der Waals surface area (Å²) in [4.78, 5) is 14.1. The molecule has 1 aliphatic rings. The largest absolute Gasteiger partial charge is 0.444 e. The summed E-state index contributed by atoms with van der Waals surface area (Å²) in [5.41, 5.74) is 2.21. The van der Waals surface area contributed by atoms with Crippen molar-refractivity contribution in [2.75, 3.05) is 13.1 Å². The molecule has 22 heavy (non-hydrogen) atoms. The van der Waals surface area contributed by atoms with Crippen molar-refractivity contribution < 1.29 is 9.53 Å². The Bertz CT molecular complexity index is 567. The van der Waals surface area contributed by atoms with Crippen molar-refractivity contribution in [2.24, 2.45) is 7.05 Å². The Morgan fingerprint density at radius 1 is 1.18 bits per heavy atom. The highest BCUT2D eigenvalue weighted by Gasteiger charge is 2.31. The molecule has 0 fully saturated rings. The molecule has 1 amide bonds. The smallest absolute Gasteiger partial charge is 0.410 e. The number of carbonyl (C=O) groups is 1. The first-order chi connectivity index (χ1) is 9.99. The molecule has 5 nitrogen and oxygen atoms in total. The Morgan fingerprint density at radius 2 is 1.77 bits per heavy atom. The van der Waals surface area contributed by atoms with E-state index in [-0.39, 0.29) is 6.09 Å². The molecule has 6 heteroatoms. The molecule has 0 spiro atoms. The van der Waals surface area contributed by atoms with Crippen LogP contribution in [0.15, 0.2) is 0 Å². The first kappa shape index (κ1) is 17.1. The van der Waals surface area contributed by atoms with Gasteiger partial charge in [0, 0.05) is 37.6 Å². The van der Waals surface area contributed by atoms with E-state index in [4.69, 9.17) is 9.84 Å². The second kappa shape index (κ2) is 5.72. The molecule has 124 valence electrons. The lowest BCUT2D eigenvalue weighted by molar-refractivity contribution is 0.0258. The monoisotopic (exact) mass is 323 g/mol. The Hall–Kier alpha value is -1.30. The third-order valence-corrected chi connectivity index (χ3v) is 5.71. The summed E-state index contributed by atoms with van der Waals surface area (Å²) >= 11 is 0. The van der Waals surface area contributed by atoms with Crippen LogP contribution in [0.1, 0.15) is 32.0 Å². The molecule has 0 atom stereocenters. The number of hydrogen-bond acceptors (Lipinski definition) is 3. The third kappa shape index (κ3) is 3.72. The van der Waals surface area contributed by atoms with Gasteiger partial charge in [-0.2, -0.15) is 5.10 Å². The summed E-state index contributed by atoms with van der Waals surface area (Å²) in [6, 6.07) is 0. The molecular weight excluding hydrogens is 294 g/mol. The molecule has 0 aliphatic carbocycles. The molecule has 0 N–H and O–H groups in total. The average molecular weight is 324 g/mol. The second-order valence-electron chi connectivity index (χ2n) is 8.11. The van der Waals surface area contributed by atoms with Gasteiger partial charge in [-0.3, -0.25) is 4.68 Å². The van der Waals surface area contributed by atoms with Gasteiger partial charge in [-0.15, -0.1) is 0 Å². The number of aromatic nitrogens is 2. The van der Waals surface area contributed by atoms with E-state index in [2.05, 4.69) is 19.6 Å². The summed E-state index contributed by atoms with van der Waals surface area (Å²) in [5.74, 6) is 0. The van der Waals surface area contributed by atoms with Crippen molar-refractivity contribution in [1.82, 2.24) is 14.7 Å². The molecule has 0 aromatic carbocycles. The quantitative estimate of drug-likeness (QED) is 0.745. The van der Waals surface area contributed by atoms with Crippen LogP contribution in [0.2, 0.25) is 19.6 Å². The molecule has 2 heterocycles. The molecule has 1 aliphatic heterocycles. The molecule has 0 radical (unpaired) electrons. The van der Waals surface area contributed by atoms with Crippen molar-refractivity contribution in [3.63, 3.8) is 0 Å². The predicted molar refractivity (Wildman–Crippen MR) is 91.4 cm³/mol. The Labute approximate surface area is 134 Å². The van der Waals surface area contributed by atoms with E-state index in [1.165, 1.54) is 16.6 Å². The Kier molecular flexibility index (Phi) is 4.43. The average Bonchev–Trinajstić information content (AvgIpc) is 2.54. The summed E-state index contributed by atoms with van der Waals surface area (Å²) < 4.78 is 7.52. The van der Waals surface area contributed by atoms with Crippen LogP contribution >= 0.6 is 0 Å². The van der Waals surface area contributed by atoms with E-state index < -0.39 is 13.7 Å².